The molecule has 0 spiro atoms. The van der Waals surface area contributed by atoms with Crippen LogP contribution >= 0.6 is 0 Å². The lowest BCUT2D eigenvalue weighted by Gasteiger charge is -2.29. The second-order valence-corrected chi connectivity index (χ2v) is 4.60. The van der Waals surface area contributed by atoms with Gasteiger partial charge in [0, 0.05) is 12.0 Å². The summed E-state index contributed by atoms with van der Waals surface area (Å²) in [6.45, 7) is 8.84. The highest BCUT2D eigenvalue weighted by atomic mass is 16.1. The van der Waals surface area contributed by atoms with Gasteiger partial charge in [-0.25, -0.2) is 0 Å². The van der Waals surface area contributed by atoms with E-state index in [4.69, 9.17) is 5.73 Å². The van der Waals surface area contributed by atoms with Crippen molar-refractivity contribution in [3.05, 3.63) is 0 Å². The third kappa shape index (κ3) is 5.22. The maximum absolute atomic E-state index is 11.6. The summed E-state index contributed by atoms with van der Waals surface area (Å²) in [6, 6.07) is 0. The first kappa shape index (κ1) is 13.4. The summed E-state index contributed by atoms with van der Waals surface area (Å²) in [4.78, 5) is 11.6. The Hall–Kier alpha value is -0.570. The Kier molecular flexibility index (Phi) is 5.77. The van der Waals surface area contributed by atoms with E-state index in [0.717, 1.165) is 12.8 Å². The molecule has 3 heteroatoms. The number of carbonyl (C=O) groups excluding carboxylic acids is 1. The van der Waals surface area contributed by atoms with Crippen molar-refractivity contribution in [3.8, 4) is 0 Å². The SMILES string of the molecule is CCC(C)(CCN)NC(=O)CC(C)C. The first-order valence-corrected chi connectivity index (χ1v) is 5.44. The molecule has 0 aliphatic heterocycles. The van der Waals surface area contributed by atoms with Gasteiger partial charge < -0.3 is 11.1 Å². The zero-order valence-corrected chi connectivity index (χ0v) is 9.89. The van der Waals surface area contributed by atoms with Crippen molar-refractivity contribution < 1.29 is 4.79 Å². The highest BCUT2D eigenvalue weighted by Gasteiger charge is 2.23. The molecule has 0 saturated carbocycles. The molecule has 1 unspecified atom stereocenters. The van der Waals surface area contributed by atoms with Crippen LogP contribution in [0.1, 0.15) is 47.0 Å². The van der Waals surface area contributed by atoms with Crippen molar-refractivity contribution in [1.29, 1.82) is 0 Å². The van der Waals surface area contributed by atoms with Crippen LogP contribution in [-0.2, 0) is 4.79 Å². The first-order valence-electron chi connectivity index (χ1n) is 5.44. The minimum absolute atomic E-state index is 0.124. The molecule has 0 saturated heterocycles. The molecule has 0 heterocycles. The van der Waals surface area contributed by atoms with E-state index in [0.29, 0.717) is 18.9 Å². The van der Waals surface area contributed by atoms with Crippen LogP contribution in [0, 0.1) is 5.92 Å². The molecule has 0 rings (SSSR count). The Bertz CT molecular complexity index is 180. The zero-order valence-electron chi connectivity index (χ0n) is 9.89. The standard InChI is InChI=1S/C11H24N2O/c1-5-11(4,6-7-12)13-10(14)8-9(2)3/h9H,5-8,12H2,1-4H3,(H,13,14). The molecular formula is C11H24N2O. The Morgan fingerprint density at radius 1 is 1.50 bits per heavy atom. The van der Waals surface area contributed by atoms with Crippen LogP contribution in [-0.4, -0.2) is 18.0 Å². The van der Waals surface area contributed by atoms with E-state index in [1.807, 2.05) is 13.8 Å². The Morgan fingerprint density at radius 3 is 2.43 bits per heavy atom. The van der Waals surface area contributed by atoms with Gasteiger partial charge in [-0.3, -0.25) is 4.79 Å². The van der Waals surface area contributed by atoms with Crippen LogP contribution in [0.15, 0.2) is 0 Å². The van der Waals surface area contributed by atoms with Gasteiger partial charge in [-0.05, 0) is 32.2 Å². The normalized spacial score (nSPS) is 15.3. The highest BCUT2D eigenvalue weighted by Crippen LogP contribution is 2.14. The van der Waals surface area contributed by atoms with Crippen LogP contribution in [0.5, 0.6) is 0 Å². The molecule has 0 aromatic carbocycles. The van der Waals surface area contributed by atoms with Crippen molar-refractivity contribution in [1.82, 2.24) is 5.32 Å². The molecule has 0 bridgehead atoms. The Balaban J connectivity index is 4.10. The molecule has 14 heavy (non-hydrogen) atoms. The van der Waals surface area contributed by atoms with Gasteiger partial charge in [-0.15, -0.1) is 0 Å². The summed E-state index contributed by atoms with van der Waals surface area (Å²) in [6.07, 6.45) is 2.36. The summed E-state index contributed by atoms with van der Waals surface area (Å²) in [5, 5.41) is 3.06. The van der Waals surface area contributed by atoms with Gasteiger partial charge in [0.1, 0.15) is 0 Å². The quantitative estimate of drug-likeness (QED) is 0.685. The molecular weight excluding hydrogens is 176 g/mol. The van der Waals surface area contributed by atoms with Crippen molar-refractivity contribution in [2.75, 3.05) is 6.54 Å². The van der Waals surface area contributed by atoms with Gasteiger partial charge in [0.2, 0.25) is 5.91 Å². The summed E-state index contributed by atoms with van der Waals surface area (Å²) in [7, 11) is 0. The maximum atomic E-state index is 11.6. The van der Waals surface area contributed by atoms with Gasteiger partial charge in [-0.1, -0.05) is 20.8 Å². The van der Waals surface area contributed by atoms with Crippen molar-refractivity contribution in [2.45, 2.75) is 52.5 Å². The molecule has 0 aromatic rings. The fourth-order valence-corrected chi connectivity index (χ4v) is 1.40. The molecule has 3 nitrogen and oxygen atoms in total. The van der Waals surface area contributed by atoms with Crippen LogP contribution in [0.3, 0.4) is 0 Å². The van der Waals surface area contributed by atoms with Gasteiger partial charge in [0.25, 0.3) is 0 Å². The molecule has 1 atom stereocenters. The van der Waals surface area contributed by atoms with Gasteiger partial charge >= 0.3 is 0 Å². The second kappa shape index (κ2) is 6.02. The van der Waals surface area contributed by atoms with Crippen molar-refractivity contribution in [2.24, 2.45) is 11.7 Å². The van der Waals surface area contributed by atoms with Crippen LogP contribution < -0.4 is 11.1 Å². The highest BCUT2D eigenvalue weighted by molar-refractivity contribution is 5.76. The lowest BCUT2D eigenvalue weighted by Crippen LogP contribution is -2.47. The van der Waals surface area contributed by atoms with Crippen LogP contribution in [0.2, 0.25) is 0 Å². The van der Waals surface area contributed by atoms with E-state index in [1.54, 1.807) is 0 Å². The molecule has 0 aromatic heterocycles. The van der Waals surface area contributed by atoms with E-state index in [2.05, 4.69) is 19.2 Å². The molecule has 84 valence electrons. The second-order valence-electron chi connectivity index (χ2n) is 4.60. The largest absolute Gasteiger partial charge is 0.351 e. The third-order valence-electron chi connectivity index (χ3n) is 2.51. The molecule has 0 aliphatic carbocycles. The summed E-state index contributed by atoms with van der Waals surface area (Å²) in [5.74, 6) is 0.548. The summed E-state index contributed by atoms with van der Waals surface area (Å²) in [5.41, 5.74) is 5.39. The predicted octanol–water partition coefficient (Wildman–Crippen LogP) is 1.67. The maximum Gasteiger partial charge on any atom is 0.220 e. The van der Waals surface area contributed by atoms with Crippen LogP contribution in [0.25, 0.3) is 0 Å². The topological polar surface area (TPSA) is 55.1 Å². The number of carbonyl (C=O) groups is 1. The molecule has 1 amide bonds. The number of rotatable bonds is 6. The number of hydrogen-bond acceptors (Lipinski definition) is 2. The number of amides is 1. The van der Waals surface area contributed by atoms with Gasteiger partial charge in [0.05, 0.1) is 0 Å². The predicted molar refractivity (Wildman–Crippen MR) is 60.0 cm³/mol. The monoisotopic (exact) mass is 200 g/mol. The van der Waals surface area contributed by atoms with Crippen LogP contribution in [0.4, 0.5) is 0 Å². The number of hydrogen-bond donors (Lipinski definition) is 2. The number of nitrogens with two attached hydrogens (primary N) is 1. The lowest BCUT2D eigenvalue weighted by atomic mass is 9.94. The Labute approximate surface area is 87.4 Å². The van der Waals surface area contributed by atoms with E-state index < -0.39 is 0 Å². The molecule has 3 N–H and O–H groups in total. The summed E-state index contributed by atoms with van der Waals surface area (Å²) >= 11 is 0. The first-order chi connectivity index (χ1) is 6.43. The minimum atomic E-state index is -0.124. The van der Waals surface area contributed by atoms with Gasteiger partial charge in [0.15, 0.2) is 0 Å². The van der Waals surface area contributed by atoms with Crippen molar-refractivity contribution in [3.63, 3.8) is 0 Å². The Morgan fingerprint density at radius 2 is 2.07 bits per heavy atom. The fraction of sp³-hybridized carbons (Fsp3) is 0.909. The van der Waals surface area contributed by atoms with E-state index >= 15 is 0 Å². The zero-order chi connectivity index (χ0) is 11.2. The van der Waals surface area contributed by atoms with Crippen molar-refractivity contribution >= 4 is 5.91 Å². The minimum Gasteiger partial charge on any atom is -0.351 e. The fourth-order valence-electron chi connectivity index (χ4n) is 1.40. The van der Waals surface area contributed by atoms with Gasteiger partial charge in [-0.2, -0.15) is 0 Å². The molecule has 0 fully saturated rings. The summed E-state index contributed by atoms with van der Waals surface area (Å²) < 4.78 is 0. The average molecular weight is 200 g/mol. The van der Waals surface area contributed by atoms with E-state index in [-0.39, 0.29) is 11.4 Å². The molecule has 0 radical (unpaired) electrons. The number of nitrogens with one attached hydrogen (secondary N) is 1. The van der Waals surface area contributed by atoms with E-state index in [9.17, 15) is 4.79 Å². The average Bonchev–Trinajstić information content (AvgIpc) is 2.02. The molecule has 0 aliphatic rings. The lowest BCUT2D eigenvalue weighted by molar-refractivity contribution is -0.123. The third-order valence-corrected chi connectivity index (χ3v) is 2.51. The smallest absolute Gasteiger partial charge is 0.220 e. The van der Waals surface area contributed by atoms with E-state index in [1.165, 1.54) is 0 Å².